The van der Waals surface area contributed by atoms with Crippen molar-refractivity contribution in [3.05, 3.63) is 58.8 Å². The van der Waals surface area contributed by atoms with Gasteiger partial charge in [0.05, 0.1) is 17.9 Å². The van der Waals surface area contributed by atoms with Gasteiger partial charge in [-0.1, -0.05) is 44.0 Å². The standard InChI is InChI=1S/C26H30N2O3/c1-6-7-20(15-25(29)30)19-8-10-21(11-9-19)31-24(14-16(2)3)22-12-13-23-18(5)27-28-26(23)17(22)4/h8-13,16,20,24H,14-15H2,1-5H3,(H,27,28)(H,29,30). The van der Waals surface area contributed by atoms with E-state index in [4.69, 9.17) is 9.84 Å². The molecule has 0 aliphatic carbocycles. The van der Waals surface area contributed by atoms with E-state index in [1.165, 1.54) is 0 Å². The van der Waals surface area contributed by atoms with Gasteiger partial charge in [0, 0.05) is 11.1 Å². The van der Waals surface area contributed by atoms with Gasteiger partial charge in [-0.15, -0.1) is 5.92 Å². The maximum Gasteiger partial charge on any atom is 0.304 e. The van der Waals surface area contributed by atoms with Gasteiger partial charge in [0.15, 0.2) is 0 Å². The van der Waals surface area contributed by atoms with E-state index in [9.17, 15) is 4.79 Å². The van der Waals surface area contributed by atoms with Gasteiger partial charge in [-0.2, -0.15) is 5.10 Å². The van der Waals surface area contributed by atoms with E-state index in [0.717, 1.165) is 45.5 Å². The number of aryl methyl sites for hydroxylation is 2. The number of nitrogens with zero attached hydrogens (tertiary/aromatic N) is 1. The lowest BCUT2D eigenvalue weighted by molar-refractivity contribution is -0.137. The van der Waals surface area contributed by atoms with Crippen molar-refractivity contribution in [2.45, 2.75) is 59.5 Å². The van der Waals surface area contributed by atoms with Crippen LogP contribution in [0.3, 0.4) is 0 Å². The van der Waals surface area contributed by atoms with E-state index >= 15 is 0 Å². The highest BCUT2D eigenvalue weighted by molar-refractivity contribution is 5.85. The number of carbonyl (C=O) groups is 1. The highest BCUT2D eigenvalue weighted by Gasteiger charge is 2.21. The fourth-order valence-electron chi connectivity index (χ4n) is 3.92. The summed E-state index contributed by atoms with van der Waals surface area (Å²) < 4.78 is 6.43. The van der Waals surface area contributed by atoms with Gasteiger partial charge in [-0.25, -0.2) is 0 Å². The number of rotatable bonds is 8. The van der Waals surface area contributed by atoms with E-state index in [0.29, 0.717) is 5.92 Å². The smallest absolute Gasteiger partial charge is 0.304 e. The number of aromatic nitrogens is 2. The average molecular weight is 419 g/mol. The minimum absolute atomic E-state index is 0.0146. The van der Waals surface area contributed by atoms with Crippen molar-refractivity contribution in [1.82, 2.24) is 10.2 Å². The van der Waals surface area contributed by atoms with Gasteiger partial charge in [-0.05, 0) is 61.9 Å². The topological polar surface area (TPSA) is 75.2 Å². The zero-order valence-electron chi connectivity index (χ0n) is 18.8. The molecular formula is C26H30N2O3. The van der Waals surface area contributed by atoms with Crippen molar-refractivity contribution in [2.24, 2.45) is 5.92 Å². The van der Waals surface area contributed by atoms with Gasteiger partial charge in [0.1, 0.15) is 11.9 Å². The lowest BCUT2D eigenvalue weighted by Crippen LogP contribution is -2.12. The number of carboxylic acid groups (broad SMARTS) is 1. The largest absolute Gasteiger partial charge is 0.486 e. The Hall–Kier alpha value is -3.26. The van der Waals surface area contributed by atoms with Crippen molar-refractivity contribution < 1.29 is 14.6 Å². The van der Waals surface area contributed by atoms with Crippen LogP contribution in [0.1, 0.15) is 68.0 Å². The molecule has 0 bridgehead atoms. The van der Waals surface area contributed by atoms with Crippen LogP contribution in [-0.2, 0) is 4.79 Å². The monoisotopic (exact) mass is 418 g/mol. The Kier molecular flexibility index (Phi) is 7.02. The Morgan fingerprint density at radius 1 is 1.16 bits per heavy atom. The third kappa shape index (κ3) is 5.27. The van der Waals surface area contributed by atoms with Crippen LogP contribution in [0.25, 0.3) is 10.9 Å². The number of aromatic amines is 1. The molecule has 0 aliphatic heterocycles. The SMILES string of the molecule is CC#CC(CC(=O)O)c1ccc(OC(CC(C)C)c2ccc3c(C)[nH]nc3c2C)cc1. The molecule has 2 unspecified atom stereocenters. The van der Waals surface area contributed by atoms with Gasteiger partial charge in [-0.3, -0.25) is 9.89 Å². The number of ether oxygens (including phenoxy) is 1. The second kappa shape index (κ2) is 9.70. The number of hydrogen-bond donors (Lipinski definition) is 2. The Morgan fingerprint density at radius 3 is 2.48 bits per heavy atom. The molecule has 0 saturated heterocycles. The zero-order chi connectivity index (χ0) is 22.5. The Labute approximate surface area is 183 Å². The third-order valence-electron chi connectivity index (χ3n) is 5.50. The highest BCUT2D eigenvalue weighted by Crippen LogP contribution is 2.33. The summed E-state index contributed by atoms with van der Waals surface area (Å²) in [5.41, 5.74) is 5.19. The molecule has 162 valence electrons. The predicted molar refractivity (Wildman–Crippen MR) is 123 cm³/mol. The zero-order valence-corrected chi connectivity index (χ0v) is 18.8. The predicted octanol–water partition coefficient (Wildman–Crippen LogP) is 5.93. The molecule has 31 heavy (non-hydrogen) atoms. The van der Waals surface area contributed by atoms with Crippen LogP contribution in [-0.4, -0.2) is 21.3 Å². The maximum atomic E-state index is 11.2. The second-order valence-corrected chi connectivity index (χ2v) is 8.37. The number of nitrogens with one attached hydrogen (secondary N) is 1. The first kappa shape index (κ1) is 22.4. The van der Waals surface area contributed by atoms with Crippen molar-refractivity contribution in [3.63, 3.8) is 0 Å². The van der Waals surface area contributed by atoms with Crippen molar-refractivity contribution >= 4 is 16.9 Å². The molecule has 1 aromatic heterocycles. The minimum Gasteiger partial charge on any atom is -0.486 e. The quantitative estimate of drug-likeness (QED) is 0.445. The molecule has 5 nitrogen and oxygen atoms in total. The van der Waals surface area contributed by atoms with Crippen molar-refractivity contribution in [2.75, 3.05) is 0 Å². The van der Waals surface area contributed by atoms with Crippen LogP contribution >= 0.6 is 0 Å². The number of H-pyrrole nitrogens is 1. The van der Waals surface area contributed by atoms with E-state index in [-0.39, 0.29) is 18.4 Å². The van der Waals surface area contributed by atoms with Crippen LogP contribution in [0, 0.1) is 31.6 Å². The van der Waals surface area contributed by atoms with Crippen molar-refractivity contribution in [1.29, 1.82) is 0 Å². The summed E-state index contributed by atoms with van der Waals surface area (Å²) in [6.45, 7) is 10.2. The number of aliphatic carboxylic acids is 1. The van der Waals surface area contributed by atoms with E-state index in [1.807, 2.05) is 31.2 Å². The van der Waals surface area contributed by atoms with E-state index < -0.39 is 5.97 Å². The number of carboxylic acids is 1. The molecule has 3 rings (SSSR count). The molecular weight excluding hydrogens is 388 g/mol. The first-order valence-corrected chi connectivity index (χ1v) is 10.6. The van der Waals surface area contributed by atoms with Gasteiger partial charge < -0.3 is 9.84 Å². The van der Waals surface area contributed by atoms with E-state index in [1.54, 1.807) is 6.92 Å². The lowest BCUT2D eigenvalue weighted by Gasteiger charge is -2.23. The fraction of sp³-hybridized carbons (Fsp3) is 0.385. The Morgan fingerprint density at radius 2 is 1.87 bits per heavy atom. The first-order chi connectivity index (χ1) is 14.8. The minimum atomic E-state index is -0.857. The summed E-state index contributed by atoms with van der Waals surface area (Å²) in [5, 5.41) is 17.8. The van der Waals surface area contributed by atoms with Crippen molar-refractivity contribution in [3.8, 4) is 17.6 Å². The molecule has 2 N–H and O–H groups in total. The third-order valence-corrected chi connectivity index (χ3v) is 5.50. The molecule has 0 radical (unpaired) electrons. The Bertz CT molecular complexity index is 1120. The van der Waals surface area contributed by atoms with Gasteiger partial charge in [0.25, 0.3) is 0 Å². The average Bonchev–Trinajstić information content (AvgIpc) is 3.09. The Balaban J connectivity index is 1.88. The summed E-state index contributed by atoms with van der Waals surface area (Å²) in [5.74, 6) is 5.85. The second-order valence-electron chi connectivity index (χ2n) is 8.37. The molecule has 0 fully saturated rings. The fourth-order valence-corrected chi connectivity index (χ4v) is 3.92. The van der Waals surface area contributed by atoms with E-state index in [2.05, 4.69) is 54.9 Å². The van der Waals surface area contributed by atoms with Crippen LogP contribution < -0.4 is 4.74 Å². The summed E-state index contributed by atoms with van der Waals surface area (Å²) >= 11 is 0. The first-order valence-electron chi connectivity index (χ1n) is 10.6. The summed E-state index contributed by atoms with van der Waals surface area (Å²) in [6.07, 6.45) is 0.761. The molecule has 5 heteroatoms. The summed E-state index contributed by atoms with van der Waals surface area (Å²) in [6, 6.07) is 11.9. The number of benzene rings is 2. The summed E-state index contributed by atoms with van der Waals surface area (Å²) in [4.78, 5) is 11.2. The maximum absolute atomic E-state index is 11.2. The molecule has 3 aromatic rings. The molecule has 2 atom stereocenters. The summed E-state index contributed by atoms with van der Waals surface area (Å²) in [7, 11) is 0. The van der Waals surface area contributed by atoms with Crippen LogP contribution in [0.4, 0.5) is 0 Å². The lowest BCUT2D eigenvalue weighted by atomic mass is 9.94. The number of hydrogen-bond acceptors (Lipinski definition) is 3. The normalized spacial score (nSPS) is 13.0. The van der Waals surface area contributed by atoms with Gasteiger partial charge >= 0.3 is 5.97 Å². The van der Waals surface area contributed by atoms with Crippen LogP contribution in [0.5, 0.6) is 5.75 Å². The van der Waals surface area contributed by atoms with Crippen LogP contribution in [0.15, 0.2) is 36.4 Å². The highest BCUT2D eigenvalue weighted by atomic mass is 16.5. The number of fused-ring (bicyclic) bond motifs is 1. The molecule has 1 heterocycles. The van der Waals surface area contributed by atoms with Crippen LogP contribution in [0.2, 0.25) is 0 Å². The molecule has 0 amide bonds. The molecule has 2 aromatic carbocycles. The molecule has 0 saturated carbocycles. The molecule has 0 spiro atoms. The van der Waals surface area contributed by atoms with Gasteiger partial charge in [0.2, 0.25) is 0 Å². The molecule has 0 aliphatic rings.